The molecule has 0 saturated heterocycles. The first-order valence-electron chi connectivity index (χ1n) is 4.08. The van der Waals surface area contributed by atoms with Crippen molar-refractivity contribution in [1.29, 1.82) is 0 Å². The molecule has 0 aliphatic heterocycles. The van der Waals surface area contributed by atoms with E-state index in [0.717, 1.165) is 0 Å². The molecule has 0 amide bonds. The quantitative estimate of drug-likeness (QED) is 0.458. The highest BCUT2D eigenvalue weighted by molar-refractivity contribution is 4.88. The Bertz CT molecular complexity index is 123. The van der Waals surface area contributed by atoms with Crippen LogP contribution in [0.15, 0.2) is 0 Å². The Kier molecular flexibility index (Phi) is 2.52. The first-order valence-corrected chi connectivity index (χ1v) is 4.08. The number of aliphatic hydroxyl groups is 3. The van der Waals surface area contributed by atoms with E-state index >= 15 is 0 Å². The SMILES string of the molecule is CC1CC(O)C(C)C(O)C1O. The van der Waals surface area contributed by atoms with Crippen LogP contribution in [0, 0.1) is 11.8 Å². The molecule has 66 valence electrons. The summed E-state index contributed by atoms with van der Waals surface area (Å²) in [5, 5.41) is 28.1. The van der Waals surface area contributed by atoms with Gasteiger partial charge in [0.1, 0.15) is 0 Å². The number of aliphatic hydroxyl groups excluding tert-OH is 3. The average Bonchev–Trinajstić information content (AvgIpc) is 1.97. The summed E-state index contributed by atoms with van der Waals surface area (Å²) in [5.41, 5.74) is 0. The van der Waals surface area contributed by atoms with Crippen LogP contribution < -0.4 is 0 Å². The lowest BCUT2D eigenvalue weighted by molar-refractivity contribution is -0.113. The van der Waals surface area contributed by atoms with Crippen LogP contribution in [0.4, 0.5) is 0 Å². The Morgan fingerprint density at radius 3 is 2.09 bits per heavy atom. The second-order valence-corrected chi connectivity index (χ2v) is 3.62. The average molecular weight is 160 g/mol. The van der Waals surface area contributed by atoms with Crippen molar-refractivity contribution < 1.29 is 15.3 Å². The van der Waals surface area contributed by atoms with Gasteiger partial charge in [0, 0.05) is 5.92 Å². The van der Waals surface area contributed by atoms with Crippen LogP contribution in [-0.4, -0.2) is 33.6 Å². The van der Waals surface area contributed by atoms with Gasteiger partial charge in [-0.2, -0.15) is 0 Å². The van der Waals surface area contributed by atoms with Crippen molar-refractivity contribution in [3.05, 3.63) is 0 Å². The summed E-state index contributed by atoms with van der Waals surface area (Å²) in [6.45, 7) is 3.59. The Balaban J connectivity index is 2.63. The van der Waals surface area contributed by atoms with Gasteiger partial charge in [-0.05, 0) is 12.3 Å². The molecule has 1 rings (SSSR count). The van der Waals surface area contributed by atoms with Crippen LogP contribution in [0.2, 0.25) is 0 Å². The van der Waals surface area contributed by atoms with Gasteiger partial charge in [-0.1, -0.05) is 13.8 Å². The van der Waals surface area contributed by atoms with Crippen LogP contribution in [-0.2, 0) is 0 Å². The first-order chi connectivity index (χ1) is 5.04. The Hall–Kier alpha value is -0.120. The highest BCUT2D eigenvalue weighted by atomic mass is 16.3. The fourth-order valence-electron chi connectivity index (χ4n) is 1.61. The molecular weight excluding hydrogens is 144 g/mol. The predicted molar refractivity (Wildman–Crippen MR) is 41.0 cm³/mol. The van der Waals surface area contributed by atoms with Crippen molar-refractivity contribution in [2.24, 2.45) is 11.8 Å². The van der Waals surface area contributed by atoms with E-state index in [4.69, 9.17) is 0 Å². The molecule has 0 aromatic carbocycles. The van der Waals surface area contributed by atoms with Gasteiger partial charge in [-0.3, -0.25) is 0 Å². The van der Waals surface area contributed by atoms with Gasteiger partial charge in [0.25, 0.3) is 0 Å². The zero-order chi connectivity index (χ0) is 8.59. The zero-order valence-electron chi connectivity index (χ0n) is 6.94. The van der Waals surface area contributed by atoms with E-state index in [0.29, 0.717) is 6.42 Å². The fourth-order valence-corrected chi connectivity index (χ4v) is 1.61. The molecule has 1 saturated carbocycles. The summed E-state index contributed by atoms with van der Waals surface area (Å²) in [4.78, 5) is 0. The molecule has 1 aliphatic carbocycles. The van der Waals surface area contributed by atoms with E-state index in [-0.39, 0.29) is 11.8 Å². The molecule has 0 bridgehead atoms. The highest BCUT2D eigenvalue weighted by Crippen LogP contribution is 2.29. The molecule has 0 aromatic heterocycles. The van der Waals surface area contributed by atoms with Gasteiger partial charge < -0.3 is 15.3 Å². The minimum Gasteiger partial charge on any atom is -0.393 e. The molecule has 3 nitrogen and oxygen atoms in total. The van der Waals surface area contributed by atoms with Gasteiger partial charge in [0.15, 0.2) is 0 Å². The van der Waals surface area contributed by atoms with E-state index in [9.17, 15) is 15.3 Å². The first kappa shape index (κ1) is 8.97. The minimum absolute atomic E-state index is 0.00352. The molecular formula is C8H16O3. The molecule has 1 fully saturated rings. The van der Waals surface area contributed by atoms with Gasteiger partial charge in [-0.15, -0.1) is 0 Å². The van der Waals surface area contributed by atoms with E-state index in [1.54, 1.807) is 6.92 Å². The third-order valence-corrected chi connectivity index (χ3v) is 2.69. The van der Waals surface area contributed by atoms with Crippen LogP contribution >= 0.6 is 0 Å². The molecule has 0 aromatic rings. The third kappa shape index (κ3) is 1.55. The maximum Gasteiger partial charge on any atom is 0.0851 e. The summed E-state index contributed by atoms with van der Waals surface area (Å²) in [6.07, 6.45) is -1.33. The lowest BCUT2D eigenvalue weighted by atomic mass is 9.77. The minimum atomic E-state index is -0.770. The maximum absolute atomic E-state index is 9.38. The van der Waals surface area contributed by atoms with E-state index in [1.165, 1.54) is 0 Å². The fraction of sp³-hybridized carbons (Fsp3) is 1.00. The van der Waals surface area contributed by atoms with Gasteiger partial charge in [0.2, 0.25) is 0 Å². The van der Waals surface area contributed by atoms with E-state index in [2.05, 4.69) is 0 Å². The third-order valence-electron chi connectivity index (χ3n) is 2.69. The summed E-state index contributed by atoms with van der Waals surface area (Å²) >= 11 is 0. The summed E-state index contributed by atoms with van der Waals surface area (Å²) in [6, 6.07) is 0. The van der Waals surface area contributed by atoms with Crippen LogP contribution in [0.25, 0.3) is 0 Å². The Labute approximate surface area is 66.7 Å². The number of hydrogen-bond donors (Lipinski definition) is 3. The highest BCUT2D eigenvalue weighted by Gasteiger charge is 2.37. The predicted octanol–water partition coefficient (Wildman–Crippen LogP) is -0.255. The van der Waals surface area contributed by atoms with Gasteiger partial charge in [0.05, 0.1) is 18.3 Å². The van der Waals surface area contributed by atoms with Crippen molar-refractivity contribution in [3.63, 3.8) is 0 Å². The summed E-state index contributed by atoms with van der Waals surface area (Å²) in [7, 11) is 0. The van der Waals surface area contributed by atoms with E-state index < -0.39 is 18.3 Å². The Morgan fingerprint density at radius 2 is 1.55 bits per heavy atom. The smallest absolute Gasteiger partial charge is 0.0851 e. The molecule has 3 heteroatoms. The Morgan fingerprint density at radius 1 is 1.00 bits per heavy atom. The molecule has 5 atom stereocenters. The topological polar surface area (TPSA) is 60.7 Å². The van der Waals surface area contributed by atoms with Crippen LogP contribution in [0.1, 0.15) is 20.3 Å². The maximum atomic E-state index is 9.38. The summed E-state index contributed by atoms with van der Waals surface area (Å²) < 4.78 is 0. The van der Waals surface area contributed by atoms with Crippen molar-refractivity contribution in [2.45, 2.75) is 38.6 Å². The molecule has 11 heavy (non-hydrogen) atoms. The lowest BCUT2D eigenvalue weighted by Crippen LogP contribution is -2.47. The largest absolute Gasteiger partial charge is 0.393 e. The van der Waals surface area contributed by atoms with Crippen molar-refractivity contribution in [2.75, 3.05) is 0 Å². The molecule has 0 spiro atoms. The standard InChI is InChI=1S/C8H16O3/c1-4-3-6(9)5(2)8(11)7(4)10/h4-11H,3H2,1-2H3. The van der Waals surface area contributed by atoms with Crippen LogP contribution in [0.5, 0.6) is 0 Å². The second kappa shape index (κ2) is 3.09. The molecule has 0 heterocycles. The normalized spacial score (nSPS) is 52.6. The molecule has 3 N–H and O–H groups in total. The molecule has 5 unspecified atom stereocenters. The van der Waals surface area contributed by atoms with Gasteiger partial charge >= 0.3 is 0 Å². The van der Waals surface area contributed by atoms with Gasteiger partial charge in [-0.25, -0.2) is 0 Å². The van der Waals surface area contributed by atoms with Crippen molar-refractivity contribution >= 4 is 0 Å². The van der Waals surface area contributed by atoms with Crippen molar-refractivity contribution in [1.82, 2.24) is 0 Å². The molecule has 1 aliphatic rings. The number of rotatable bonds is 0. The lowest BCUT2D eigenvalue weighted by Gasteiger charge is -2.37. The van der Waals surface area contributed by atoms with E-state index in [1.807, 2.05) is 6.92 Å². The second-order valence-electron chi connectivity index (χ2n) is 3.62. The number of hydrogen-bond acceptors (Lipinski definition) is 3. The monoisotopic (exact) mass is 160 g/mol. The van der Waals surface area contributed by atoms with Crippen LogP contribution in [0.3, 0.4) is 0 Å². The molecule has 0 radical (unpaired) electrons. The summed E-state index contributed by atoms with van der Waals surface area (Å²) in [5.74, 6) is -0.211. The van der Waals surface area contributed by atoms with Crippen molar-refractivity contribution in [3.8, 4) is 0 Å². The zero-order valence-corrected chi connectivity index (χ0v) is 6.94.